The van der Waals surface area contributed by atoms with Gasteiger partial charge in [0.2, 0.25) is 0 Å². The Balaban J connectivity index is 2.16. The molecule has 3 N–H and O–H groups in total. The first-order valence-electron chi connectivity index (χ1n) is 5.94. The van der Waals surface area contributed by atoms with Crippen LogP contribution in [0.15, 0.2) is 30.6 Å². The second kappa shape index (κ2) is 6.06. The summed E-state index contributed by atoms with van der Waals surface area (Å²) in [4.78, 5) is 4.16. The van der Waals surface area contributed by atoms with Gasteiger partial charge in [-0.3, -0.25) is 0 Å². The van der Waals surface area contributed by atoms with Crippen molar-refractivity contribution < 1.29 is 10.2 Å². The number of aromatic nitrogens is 2. The third-order valence-electron chi connectivity index (χ3n) is 2.79. The first-order chi connectivity index (χ1) is 9.11. The van der Waals surface area contributed by atoms with Gasteiger partial charge in [0.05, 0.1) is 23.4 Å². The van der Waals surface area contributed by atoms with E-state index in [1.807, 2.05) is 29.8 Å². The molecule has 2 aromatic rings. The van der Waals surface area contributed by atoms with E-state index in [1.54, 1.807) is 12.3 Å². The van der Waals surface area contributed by atoms with Crippen LogP contribution in [0, 0.1) is 6.92 Å². The second-order valence-corrected chi connectivity index (χ2v) is 4.64. The highest BCUT2D eigenvalue weighted by molar-refractivity contribution is 6.32. The zero-order valence-electron chi connectivity index (χ0n) is 10.5. The number of hydrogen-bond donors (Lipinski definition) is 3. The summed E-state index contributed by atoms with van der Waals surface area (Å²) in [5.41, 5.74) is 1.64. The van der Waals surface area contributed by atoms with Gasteiger partial charge in [-0.1, -0.05) is 11.6 Å². The normalized spacial score (nSPS) is 12.4. The molecule has 1 heterocycles. The summed E-state index contributed by atoms with van der Waals surface area (Å²) in [6, 6.07) is 5.52. The van der Waals surface area contributed by atoms with Gasteiger partial charge in [0, 0.05) is 24.6 Å². The Kier molecular flexibility index (Phi) is 4.42. The minimum Gasteiger partial charge on any atom is -0.394 e. The highest BCUT2D eigenvalue weighted by Crippen LogP contribution is 2.25. The van der Waals surface area contributed by atoms with E-state index >= 15 is 0 Å². The maximum atomic E-state index is 9.27. The lowest BCUT2D eigenvalue weighted by Crippen LogP contribution is -2.22. The highest BCUT2D eigenvalue weighted by atomic mass is 35.5. The minimum atomic E-state index is -0.783. The van der Waals surface area contributed by atoms with E-state index in [-0.39, 0.29) is 13.2 Å². The fraction of sp³-hybridized carbons (Fsp3) is 0.308. The van der Waals surface area contributed by atoms with Crippen LogP contribution in [0.1, 0.15) is 5.82 Å². The molecule has 1 unspecified atom stereocenters. The van der Waals surface area contributed by atoms with Gasteiger partial charge >= 0.3 is 0 Å². The zero-order valence-corrected chi connectivity index (χ0v) is 11.3. The number of nitrogens with one attached hydrogen (secondary N) is 1. The van der Waals surface area contributed by atoms with Crippen molar-refractivity contribution in [2.75, 3.05) is 18.5 Å². The second-order valence-electron chi connectivity index (χ2n) is 4.23. The number of imidazole rings is 1. The molecular weight excluding hydrogens is 266 g/mol. The molecule has 0 fully saturated rings. The monoisotopic (exact) mass is 281 g/mol. The molecule has 0 radical (unpaired) electrons. The van der Waals surface area contributed by atoms with Gasteiger partial charge in [-0.2, -0.15) is 0 Å². The van der Waals surface area contributed by atoms with Crippen LogP contribution in [-0.2, 0) is 0 Å². The predicted molar refractivity (Wildman–Crippen MR) is 74.9 cm³/mol. The van der Waals surface area contributed by atoms with E-state index in [2.05, 4.69) is 10.3 Å². The number of aryl methyl sites for hydroxylation is 1. The molecule has 5 nitrogen and oxygen atoms in total. The van der Waals surface area contributed by atoms with Crippen molar-refractivity contribution in [1.29, 1.82) is 0 Å². The molecule has 2 rings (SSSR count). The zero-order chi connectivity index (χ0) is 13.8. The average molecular weight is 282 g/mol. The molecule has 0 saturated carbocycles. The molecule has 1 aromatic heterocycles. The Morgan fingerprint density at radius 2 is 2.26 bits per heavy atom. The van der Waals surface area contributed by atoms with Crippen LogP contribution in [0.4, 0.5) is 5.69 Å². The summed E-state index contributed by atoms with van der Waals surface area (Å²) in [6.07, 6.45) is 2.78. The Morgan fingerprint density at radius 1 is 1.47 bits per heavy atom. The molecule has 6 heteroatoms. The number of hydrogen-bond acceptors (Lipinski definition) is 4. The van der Waals surface area contributed by atoms with Crippen LogP contribution < -0.4 is 5.32 Å². The molecule has 0 aliphatic heterocycles. The van der Waals surface area contributed by atoms with E-state index in [9.17, 15) is 5.11 Å². The molecule has 0 aliphatic carbocycles. The van der Waals surface area contributed by atoms with Crippen molar-refractivity contribution in [3.05, 3.63) is 41.4 Å². The van der Waals surface area contributed by atoms with Crippen LogP contribution in [0.3, 0.4) is 0 Å². The van der Waals surface area contributed by atoms with Crippen LogP contribution in [0.2, 0.25) is 5.02 Å². The molecule has 0 saturated heterocycles. The Labute approximate surface area is 116 Å². The van der Waals surface area contributed by atoms with Crippen LogP contribution >= 0.6 is 11.6 Å². The quantitative estimate of drug-likeness (QED) is 0.779. The number of benzene rings is 1. The summed E-state index contributed by atoms with van der Waals surface area (Å²) >= 11 is 6.24. The third-order valence-corrected chi connectivity index (χ3v) is 3.09. The molecule has 19 heavy (non-hydrogen) atoms. The largest absolute Gasteiger partial charge is 0.394 e. The van der Waals surface area contributed by atoms with Crippen molar-refractivity contribution in [3.8, 4) is 5.69 Å². The molecule has 0 aliphatic rings. The summed E-state index contributed by atoms with van der Waals surface area (Å²) in [5.74, 6) is 0.860. The Morgan fingerprint density at radius 3 is 2.84 bits per heavy atom. The molecule has 0 bridgehead atoms. The number of anilines is 1. The van der Waals surface area contributed by atoms with Crippen molar-refractivity contribution in [3.63, 3.8) is 0 Å². The highest BCUT2D eigenvalue weighted by Gasteiger charge is 2.07. The molecular formula is C13H16ClN3O2. The van der Waals surface area contributed by atoms with Gasteiger partial charge < -0.3 is 20.1 Å². The minimum absolute atomic E-state index is 0.271. The lowest BCUT2D eigenvalue weighted by atomic mass is 10.2. The average Bonchev–Trinajstić information content (AvgIpc) is 2.82. The predicted octanol–water partition coefficient (Wildman–Crippen LogP) is 1.60. The first-order valence-corrected chi connectivity index (χ1v) is 6.32. The number of nitrogens with zero attached hydrogens (tertiary/aromatic N) is 2. The molecule has 0 spiro atoms. The summed E-state index contributed by atoms with van der Waals surface area (Å²) in [7, 11) is 0. The third kappa shape index (κ3) is 3.26. The smallest absolute Gasteiger partial charge is 0.110 e. The fourth-order valence-electron chi connectivity index (χ4n) is 1.75. The van der Waals surface area contributed by atoms with E-state index in [0.717, 1.165) is 17.2 Å². The van der Waals surface area contributed by atoms with Crippen LogP contribution in [0.5, 0.6) is 0 Å². The van der Waals surface area contributed by atoms with Crippen molar-refractivity contribution in [2.45, 2.75) is 13.0 Å². The van der Waals surface area contributed by atoms with Gasteiger partial charge in [-0.25, -0.2) is 4.98 Å². The molecule has 0 amide bonds. The lowest BCUT2D eigenvalue weighted by Gasteiger charge is -2.13. The van der Waals surface area contributed by atoms with E-state index in [0.29, 0.717) is 5.02 Å². The SMILES string of the molecule is Cc1nccn1-c1ccc(NCC(O)CO)cc1Cl. The topological polar surface area (TPSA) is 70.3 Å². The maximum Gasteiger partial charge on any atom is 0.110 e. The number of aliphatic hydroxyl groups is 2. The standard InChI is InChI=1S/C13H16ClN3O2/c1-9-15-4-5-17(9)13-3-2-10(6-12(13)14)16-7-11(19)8-18/h2-6,11,16,18-19H,7-8H2,1H3. The van der Waals surface area contributed by atoms with Crippen molar-refractivity contribution >= 4 is 17.3 Å². The van der Waals surface area contributed by atoms with E-state index in [4.69, 9.17) is 16.7 Å². The van der Waals surface area contributed by atoms with Gasteiger partial charge in [0.25, 0.3) is 0 Å². The fourth-order valence-corrected chi connectivity index (χ4v) is 2.02. The Bertz CT molecular complexity index is 557. The summed E-state index contributed by atoms with van der Waals surface area (Å²) < 4.78 is 1.90. The number of rotatable bonds is 5. The van der Waals surface area contributed by atoms with Gasteiger partial charge in [0.1, 0.15) is 5.82 Å². The van der Waals surface area contributed by atoms with Crippen LogP contribution in [0.25, 0.3) is 5.69 Å². The van der Waals surface area contributed by atoms with Gasteiger partial charge in [-0.05, 0) is 25.1 Å². The number of halogens is 1. The van der Waals surface area contributed by atoms with Gasteiger partial charge in [0.15, 0.2) is 0 Å². The Hall–Kier alpha value is -1.56. The maximum absolute atomic E-state index is 9.27. The summed E-state index contributed by atoms with van der Waals surface area (Å²) in [5, 5.41) is 21.6. The number of aliphatic hydroxyl groups excluding tert-OH is 2. The van der Waals surface area contributed by atoms with Crippen molar-refractivity contribution in [1.82, 2.24) is 9.55 Å². The van der Waals surface area contributed by atoms with Crippen molar-refractivity contribution in [2.24, 2.45) is 0 Å². The first kappa shape index (κ1) is 13.9. The molecule has 1 atom stereocenters. The lowest BCUT2D eigenvalue weighted by molar-refractivity contribution is 0.105. The van der Waals surface area contributed by atoms with Gasteiger partial charge in [-0.15, -0.1) is 0 Å². The molecule has 102 valence electrons. The van der Waals surface area contributed by atoms with E-state index < -0.39 is 6.10 Å². The molecule has 1 aromatic carbocycles. The van der Waals surface area contributed by atoms with E-state index in [1.165, 1.54) is 0 Å². The van der Waals surface area contributed by atoms with Crippen LogP contribution in [-0.4, -0.2) is 39.0 Å². The summed E-state index contributed by atoms with van der Waals surface area (Å²) in [6.45, 7) is 1.91.